The Morgan fingerprint density at radius 2 is 0.550 bits per heavy atom. The minimum Gasteiger partial charge on any atom is -0.391 e. The standard InChI is InChI=1S/C24BF20.C12H19O2S/c26-5-1(6(27)14(35)21(42)13(5)34)25(2-7(28)15(36)22(43)16(37)8(2)29,3-9(30)17(38)23(44)18(39)10(3)31)4-11(32)19(40)24(45)20(41)12(4)33;1-11-2-4-12(5-3-11)10-15(8-6-13)9-7-14/h;2-5,13-14H,6-10H2,1H3/q-1;+1. The summed E-state index contributed by atoms with van der Waals surface area (Å²) in [7, 11) is 0.118. The minimum absolute atomic E-state index is 0.118. The van der Waals surface area contributed by atoms with Crippen LogP contribution in [-0.4, -0.2) is 41.1 Å². The second-order valence-electron chi connectivity index (χ2n) is 12.4. The molecule has 0 spiro atoms. The molecule has 0 saturated carbocycles. The molecule has 0 radical (unpaired) electrons. The van der Waals surface area contributed by atoms with Crippen molar-refractivity contribution in [2.75, 3.05) is 24.7 Å². The van der Waals surface area contributed by atoms with Crippen LogP contribution in [-0.2, 0) is 16.6 Å². The summed E-state index contributed by atoms with van der Waals surface area (Å²) >= 11 is 0. The Morgan fingerprint density at radius 3 is 0.750 bits per heavy atom. The van der Waals surface area contributed by atoms with Gasteiger partial charge >= 0.3 is 0 Å². The first-order valence-electron chi connectivity index (χ1n) is 16.1. The van der Waals surface area contributed by atoms with Gasteiger partial charge in [-0.3, -0.25) is 0 Å². The van der Waals surface area contributed by atoms with Crippen molar-refractivity contribution in [2.24, 2.45) is 0 Å². The van der Waals surface area contributed by atoms with Crippen LogP contribution in [0.3, 0.4) is 0 Å². The van der Waals surface area contributed by atoms with Gasteiger partial charge < -0.3 is 10.2 Å². The monoisotopic (exact) mass is 906 g/mol. The van der Waals surface area contributed by atoms with Crippen molar-refractivity contribution >= 4 is 38.9 Å². The molecule has 0 amide bonds. The molecule has 0 aromatic heterocycles. The summed E-state index contributed by atoms with van der Waals surface area (Å²) < 4.78 is 294. The zero-order valence-electron chi connectivity index (χ0n) is 29.3. The van der Waals surface area contributed by atoms with Gasteiger partial charge in [0.25, 0.3) is 0 Å². The van der Waals surface area contributed by atoms with Crippen LogP contribution < -0.4 is 21.9 Å². The molecule has 5 rings (SSSR count). The van der Waals surface area contributed by atoms with E-state index in [1.807, 2.05) is 0 Å². The first-order chi connectivity index (χ1) is 28.0. The Bertz CT molecular complexity index is 2080. The maximum absolute atomic E-state index is 15.4. The highest BCUT2D eigenvalue weighted by Crippen LogP contribution is 2.30. The van der Waals surface area contributed by atoms with Crippen molar-refractivity contribution in [2.45, 2.75) is 12.7 Å². The van der Waals surface area contributed by atoms with Crippen LogP contribution in [0.15, 0.2) is 24.3 Å². The molecule has 2 nitrogen and oxygen atoms in total. The summed E-state index contributed by atoms with van der Waals surface area (Å²) in [6.45, 7) is 2.51. The van der Waals surface area contributed by atoms with Gasteiger partial charge in [-0.05, 0) is 17.8 Å². The minimum atomic E-state index is -7.22. The van der Waals surface area contributed by atoms with Crippen molar-refractivity contribution in [3.05, 3.63) is 152 Å². The normalized spacial score (nSPS) is 11.7. The lowest BCUT2D eigenvalue weighted by Gasteiger charge is -2.44. The topological polar surface area (TPSA) is 40.5 Å². The van der Waals surface area contributed by atoms with E-state index >= 15 is 35.1 Å². The average molecular weight is 906 g/mol. The van der Waals surface area contributed by atoms with Crippen LogP contribution >= 0.6 is 0 Å². The van der Waals surface area contributed by atoms with E-state index in [1.54, 1.807) is 0 Å². The van der Waals surface area contributed by atoms with Gasteiger partial charge in [-0.2, -0.15) is 0 Å². The van der Waals surface area contributed by atoms with E-state index in [0.29, 0.717) is 0 Å². The fraction of sp³-hybridized carbons (Fsp3) is 0.167. The SMILES string of the molecule is Cc1ccc(C[S+](CCO)CCO)cc1.Fc1c(F)c(F)c([B-](c2c(F)c(F)c(F)c(F)c2F)(c2c(F)c(F)c(F)c(F)c2F)c2c(F)c(F)c(F)c(F)c2F)c(F)c1F. The summed E-state index contributed by atoms with van der Waals surface area (Å²) in [4.78, 5) is 0. The maximum Gasteiger partial charge on any atom is 0.200 e. The number of aryl methyl sites for hydroxylation is 1. The summed E-state index contributed by atoms with van der Waals surface area (Å²) in [6, 6.07) is 8.47. The van der Waals surface area contributed by atoms with Gasteiger partial charge in [0.05, 0.1) is 13.2 Å². The lowest BCUT2D eigenvalue weighted by Crippen LogP contribution is -2.81. The van der Waals surface area contributed by atoms with Gasteiger partial charge in [-0.15, -0.1) is 21.9 Å². The predicted octanol–water partition coefficient (Wildman–Crippen LogP) is 6.94. The molecule has 0 heterocycles. The van der Waals surface area contributed by atoms with Crippen LogP contribution in [0.1, 0.15) is 11.1 Å². The molecule has 0 aliphatic carbocycles. The van der Waals surface area contributed by atoms with Gasteiger partial charge in [0, 0.05) is 5.56 Å². The average Bonchev–Trinajstić information content (AvgIpc) is 3.22. The molecule has 5 aromatic carbocycles. The molecule has 0 saturated heterocycles. The van der Waals surface area contributed by atoms with Crippen LogP contribution in [0.2, 0.25) is 0 Å². The molecule has 0 aliphatic heterocycles. The molecule has 0 fully saturated rings. The Morgan fingerprint density at radius 1 is 0.350 bits per heavy atom. The highest BCUT2D eigenvalue weighted by molar-refractivity contribution is 7.96. The third kappa shape index (κ3) is 7.88. The van der Waals surface area contributed by atoms with E-state index in [9.17, 15) is 52.7 Å². The van der Waals surface area contributed by atoms with Gasteiger partial charge in [0.2, 0.25) is 0 Å². The zero-order valence-corrected chi connectivity index (χ0v) is 30.1. The Balaban J connectivity index is 0.000000445. The molecule has 324 valence electrons. The van der Waals surface area contributed by atoms with Crippen molar-refractivity contribution in [1.29, 1.82) is 0 Å². The van der Waals surface area contributed by atoms with E-state index in [-0.39, 0.29) is 24.1 Å². The summed E-state index contributed by atoms with van der Waals surface area (Å²) in [5, 5.41) is 17.8. The van der Waals surface area contributed by atoms with Gasteiger partial charge in [-0.25, -0.2) is 87.8 Å². The number of halogens is 20. The van der Waals surface area contributed by atoms with E-state index in [0.717, 1.165) is 17.3 Å². The Kier molecular flexibility index (Phi) is 14.6. The third-order valence-electron chi connectivity index (χ3n) is 8.96. The van der Waals surface area contributed by atoms with Crippen LogP contribution in [0.25, 0.3) is 0 Å². The molecular formula is C36H19BF20O2S. The maximum atomic E-state index is 15.4. The lowest BCUT2D eigenvalue weighted by molar-refractivity contribution is 0.316. The smallest absolute Gasteiger partial charge is 0.200 e. The third-order valence-corrected chi connectivity index (χ3v) is 11.2. The van der Waals surface area contributed by atoms with E-state index < -0.39 is 144 Å². The molecule has 24 heteroatoms. The number of hydrogen-bond acceptors (Lipinski definition) is 2. The molecule has 60 heavy (non-hydrogen) atoms. The fourth-order valence-electron chi connectivity index (χ4n) is 6.30. The second kappa shape index (κ2) is 18.3. The highest BCUT2D eigenvalue weighted by Gasteiger charge is 2.52. The van der Waals surface area contributed by atoms with Crippen LogP contribution in [0.4, 0.5) is 87.8 Å². The van der Waals surface area contributed by atoms with E-state index in [4.69, 9.17) is 10.2 Å². The number of aliphatic hydroxyl groups excluding tert-OH is 2. The number of rotatable bonds is 10. The molecular weight excluding hydrogens is 887 g/mol. The van der Waals surface area contributed by atoms with Gasteiger partial charge in [0.15, 0.2) is 69.8 Å². The summed E-state index contributed by atoms with van der Waals surface area (Å²) in [5.74, 6) is -68.8. The predicted molar refractivity (Wildman–Crippen MR) is 175 cm³/mol. The number of benzene rings is 5. The Labute approximate surface area is 326 Å². The first kappa shape index (κ1) is 47.7. The van der Waals surface area contributed by atoms with Crippen molar-refractivity contribution in [1.82, 2.24) is 0 Å². The molecule has 0 aliphatic rings. The molecule has 2 N–H and O–H groups in total. The quantitative estimate of drug-likeness (QED) is 0.0525. The van der Waals surface area contributed by atoms with Crippen LogP contribution in [0.5, 0.6) is 0 Å². The van der Waals surface area contributed by atoms with E-state index in [1.165, 1.54) is 11.1 Å². The Hall–Kier alpha value is -4.97. The molecule has 0 bridgehead atoms. The van der Waals surface area contributed by atoms with Crippen molar-refractivity contribution < 1.29 is 98.0 Å². The number of hydrogen-bond donors (Lipinski definition) is 2. The largest absolute Gasteiger partial charge is 0.391 e. The number of aliphatic hydroxyl groups is 2. The molecule has 0 atom stereocenters. The van der Waals surface area contributed by atoms with Crippen LogP contribution in [0, 0.1) is 123 Å². The molecule has 5 aromatic rings. The molecule has 0 unspecified atom stereocenters. The lowest BCUT2D eigenvalue weighted by atomic mass is 9.12. The van der Waals surface area contributed by atoms with Crippen molar-refractivity contribution in [3.63, 3.8) is 0 Å². The summed E-state index contributed by atoms with van der Waals surface area (Å²) in [6.07, 6.45) is -7.22. The van der Waals surface area contributed by atoms with Gasteiger partial charge in [0.1, 0.15) is 69.9 Å². The zero-order chi connectivity index (χ0) is 45.5. The first-order valence-corrected chi connectivity index (χ1v) is 17.8. The van der Waals surface area contributed by atoms with Crippen molar-refractivity contribution in [3.8, 4) is 0 Å². The highest BCUT2D eigenvalue weighted by atomic mass is 32.2. The van der Waals surface area contributed by atoms with Gasteiger partial charge in [-0.1, -0.05) is 29.8 Å². The summed E-state index contributed by atoms with van der Waals surface area (Å²) in [5.41, 5.74) is -11.8. The fourth-order valence-corrected chi connectivity index (χ4v) is 7.97. The van der Waals surface area contributed by atoms with E-state index in [2.05, 4.69) is 31.2 Å². The second-order valence-corrected chi connectivity index (χ2v) is 14.7.